The zero-order chi connectivity index (χ0) is 17.7. The highest BCUT2D eigenvalue weighted by molar-refractivity contribution is 6.68. The first-order valence-electron chi connectivity index (χ1n) is 6.84. The monoisotopic (exact) mass is 406 g/mol. The first-order chi connectivity index (χ1) is 11.3. The first kappa shape index (κ1) is 19.0. The highest BCUT2D eigenvalue weighted by Gasteiger charge is 2.34. The van der Waals surface area contributed by atoms with Gasteiger partial charge in [0.2, 0.25) is 3.79 Å². The van der Waals surface area contributed by atoms with E-state index in [4.69, 9.17) is 51.1 Å². The average molecular weight is 408 g/mol. The maximum atomic E-state index is 12.4. The summed E-state index contributed by atoms with van der Waals surface area (Å²) in [6.45, 7) is 0. The van der Waals surface area contributed by atoms with Gasteiger partial charge in [0.05, 0.1) is 17.7 Å². The van der Waals surface area contributed by atoms with Crippen molar-refractivity contribution in [3.8, 4) is 5.75 Å². The van der Waals surface area contributed by atoms with Crippen LogP contribution in [0.5, 0.6) is 5.75 Å². The van der Waals surface area contributed by atoms with Gasteiger partial charge >= 0.3 is 0 Å². The minimum atomic E-state index is -1.78. The molecule has 0 aliphatic carbocycles. The van der Waals surface area contributed by atoms with Crippen molar-refractivity contribution in [1.29, 1.82) is 0 Å². The number of benzene rings is 2. The van der Waals surface area contributed by atoms with Crippen molar-refractivity contribution >= 4 is 58.0 Å². The summed E-state index contributed by atoms with van der Waals surface area (Å²) >= 11 is 23.9. The maximum Gasteiger partial charge on any atom is 0.254 e. The molecule has 1 amide bonds. The van der Waals surface area contributed by atoms with Crippen molar-refractivity contribution in [3.05, 3.63) is 59.1 Å². The van der Waals surface area contributed by atoms with E-state index in [1.165, 1.54) is 0 Å². The molecule has 1 atom stereocenters. The summed E-state index contributed by atoms with van der Waals surface area (Å²) in [5.74, 6) is 0.226. The molecule has 0 aliphatic heterocycles. The number of methoxy groups -OCH3 is 1. The van der Waals surface area contributed by atoms with Crippen LogP contribution in [0.1, 0.15) is 10.4 Å². The largest absolute Gasteiger partial charge is 0.497 e. The fourth-order valence-corrected chi connectivity index (χ4v) is 2.46. The molecule has 0 aliphatic rings. The Labute approximate surface area is 160 Å². The molecule has 0 radical (unpaired) electrons. The number of nitrogens with one attached hydrogen (secondary N) is 2. The fourth-order valence-electron chi connectivity index (χ4n) is 1.91. The van der Waals surface area contributed by atoms with Gasteiger partial charge in [0.15, 0.2) is 0 Å². The molecule has 0 heterocycles. The predicted molar refractivity (Wildman–Crippen MR) is 99.6 cm³/mol. The van der Waals surface area contributed by atoms with Crippen LogP contribution in [-0.4, -0.2) is 23.0 Å². The smallest absolute Gasteiger partial charge is 0.254 e. The second-order valence-electron chi connectivity index (χ2n) is 4.80. The van der Waals surface area contributed by atoms with Gasteiger partial charge < -0.3 is 15.4 Å². The number of hydrogen-bond acceptors (Lipinski definition) is 3. The summed E-state index contributed by atoms with van der Waals surface area (Å²) < 4.78 is 3.31. The number of carbonyl (C=O) groups is 1. The highest BCUT2D eigenvalue weighted by Crippen LogP contribution is 2.32. The SMILES string of the molecule is COc1ccc(N[C@H](NC(=O)c2ccccc2Cl)C(Cl)(Cl)Cl)cc1. The van der Waals surface area contributed by atoms with E-state index >= 15 is 0 Å². The van der Waals surface area contributed by atoms with E-state index < -0.39 is 15.9 Å². The minimum Gasteiger partial charge on any atom is -0.497 e. The molecule has 2 N–H and O–H groups in total. The first-order valence-corrected chi connectivity index (χ1v) is 8.35. The summed E-state index contributed by atoms with van der Waals surface area (Å²) in [5, 5.41) is 5.90. The number of amides is 1. The molecule has 0 spiro atoms. The predicted octanol–water partition coefficient (Wildman–Crippen LogP) is 4.89. The number of anilines is 1. The molecule has 128 valence electrons. The van der Waals surface area contributed by atoms with E-state index in [1.807, 2.05) is 0 Å². The molecule has 2 aromatic carbocycles. The fraction of sp³-hybridized carbons (Fsp3) is 0.188. The summed E-state index contributed by atoms with van der Waals surface area (Å²) in [5.41, 5.74) is 0.932. The van der Waals surface area contributed by atoms with Crippen molar-refractivity contribution in [3.63, 3.8) is 0 Å². The van der Waals surface area contributed by atoms with Crippen LogP contribution in [-0.2, 0) is 0 Å². The Bertz CT molecular complexity index is 702. The lowest BCUT2D eigenvalue weighted by molar-refractivity contribution is 0.0942. The molecule has 0 saturated heterocycles. The molecular weight excluding hydrogens is 394 g/mol. The molecule has 4 nitrogen and oxygen atoms in total. The maximum absolute atomic E-state index is 12.4. The molecule has 0 aromatic heterocycles. The number of halogens is 4. The third-order valence-corrected chi connectivity index (χ3v) is 4.11. The summed E-state index contributed by atoms with van der Waals surface area (Å²) in [4.78, 5) is 12.4. The second-order valence-corrected chi connectivity index (χ2v) is 7.58. The zero-order valence-electron chi connectivity index (χ0n) is 12.5. The van der Waals surface area contributed by atoms with Crippen molar-refractivity contribution in [2.75, 3.05) is 12.4 Å². The lowest BCUT2D eigenvalue weighted by atomic mass is 10.2. The quantitative estimate of drug-likeness (QED) is 0.548. The average Bonchev–Trinajstić information content (AvgIpc) is 2.54. The van der Waals surface area contributed by atoms with Crippen LogP contribution in [0.15, 0.2) is 48.5 Å². The van der Waals surface area contributed by atoms with Gasteiger partial charge in [0, 0.05) is 5.69 Å². The van der Waals surface area contributed by atoms with Gasteiger partial charge in [-0.25, -0.2) is 0 Å². The zero-order valence-corrected chi connectivity index (χ0v) is 15.5. The van der Waals surface area contributed by atoms with Crippen molar-refractivity contribution in [1.82, 2.24) is 5.32 Å². The highest BCUT2D eigenvalue weighted by atomic mass is 35.6. The summed E-state index contributed by atoms with van der Waals surface area (Å²) in [6.07, 6.45) is -0.973. The third-order valence-electron chi connectivity index (χ3n) is 3.12. The van der Waals surface area contributed by atoms with E-state index in [-0.39, 0.29) is 5.56 Å². The number of alkyl halides is 3. The minimum absolute atomic E-state index is 0.287. The molecule has 2 rings (SSSR count). The number of hydrogen-bond donors (Lipinski definition) is 2. The molecule has 0 unspecified atom stereocenters. The number of carbonyl (C=O) groups excluding carboxylic acids is 1. The number of rotatable bonds is 5. The van der Waals surface area contributed by atoms with Crippen LogP contribution in [0, 0.1) is 0 Å². The molecule has 24 heavy (non-hydrogen) atoms. The lowest BCUT2D eigenvalue weighted by Gasteiger charge is -2.27. The Morgan fingerprint density at radius 3 is 2.25 bits per heavy atom. The van der Waals surface area contributed by atoms with Gasteiger partial charge in [-0.05, 0) is 36.4 Å². The van der Waals surface area contributed by atoms with Crippen LogP contribution in [0.2, 0.25) is 5.02 Å². The van der Waals surface area contributed by atoms with Gasteiger partial charge in [0.25, 0.3) is 5.91 Å². The molecule has 8 heteroatoms. The summed E-state index contributed by atoms with van der Waals surface area (Å²) in [7, 11) is 1.57. The molecule has 0 fully saturated rings. The van der Waals surface area contributed by atoms with Gasteiger partial charge in [-0.2, -0.15) is 0 Å². The Balaban J connectivity index is 2.16. The van der Waals surface area contributed by atoms with E-state index in [1.54, 1.807) is 55.6 Å². The lowest BCUT2D eigenvalue weighted by Crippen LogP contribution is -2.49. The van der Waals surface area contributed by atoms with E-state index in [2.05, 4.69) is 10.6 Å². The third kappa shape index (κ3) is 5.08. The van der Waals surface area contributed by atoms with Crippen LogP contribution in [0.3, 0.4) is 0 Å². The van der Waals surface area contributed by atoms with Crippen LogP contribution < -0.4 is 15.4 Å². The van der Waals surface area contributed by atoms with Gasteiger partial charge in [-0.3, -0.25) is 4.79 Å². The number of ether oxygens (including phenoxy) is 1. The van der Waals surface area contributed by atoms with Crippen molar-refractivity contribution < 1.29 is 9.53 Å². The van der Waals surface area contributed by atoms with E-state index in [9.17, 15) is 4.79 Å². The van der Waals surface area contributed by atoms with Gasteiger partial charge in [-0.15, -0.1) is 0 Å². The second kappa shape index (κ2) is 8.17. The Morgan fingerprint density at radius 2 is 1.71 bits per heavy atom. The van der Waals surface area contributed by atoms with E-state index in [0.29, 0.717) is 16.5 Å². The van der Waals surface area contributed by atoms with Crippen LogP contribution in [0.4, 0.5) is 5.69 Å². The van der Waals surface area contributed by atoms with E-state index in [0.717, 1.165) is 0 Å². The molecule has 0 bridgehead atoms. The van der Waals surface area contributed by atoms with Gasteiger partial charge in [0.1, 0.15) is 11.9 Å². The summed E-state index contributed by atoms with van der Waals surface area (Å²) in [6, 6.07) is 13.6. The Morgan fingerprint density at radius 1 is 1.08 bits per heavy atom. The Hall–Kier alpha value is -1.33. The normalized spacial score (nSPS) is 12.4. The Kier molecular flexibility index (Phi) is 6.47. The molecule has 0 saturated carbocycles. The topological polar surface area (TPSA) is 50.4 Å². The van der Waals surface area contributed by atoms with Crippen LogP contribution >= 0.6 is 46.4 Å². The van der Waals surface area contributed by atoms with Crippen LogP contribution in [0.25, 0.3) is 0 Å². The standard InChI is InChI=1S/C16H14Cl4N2O2/c1-24-11-8-6-10(7-9-11)21-15(16(18,19)20)22-14(23)12-4-2-3-5-13(12)17/h2-9,15,21H,1H3,(H,22,23)/t15-/m1/s1. The molecular formula is C16H14Cl4N2O2. The van der Waals surface area contributed by atoms with Crippen molar-refractivity contribution in [2.24, 2.45) is 0 Å². The van der Waals surface area contributed by atoms with Crippen molar-refractivity contribution in [2.45, 2.75) is 9.96 Å². The van der Waals surface area contributed by atoms with Gasteiger partial charge in [-0.1, -0.05) is 58.5 Å². The molecule has 2 aromatic rings.